The number of nitrogens with two attached hydrogens (primary N) is 1. The summed E-state index contributed by atoms with van der Waals surface area (Å²) >= 11 is 0. The van der Waals surface area contributed by atoms with Gasteiger partial charge >= 0.3 is 5.97 Å². The molecule has 7 heteroatoms. The summed E-state index contributed by atoms with van der Waals surface area (Å²) in [4.78, 5) is 11.9. The van der Waals surface area contributed by atoms with Crippen molar-refractivity contribution in [2.75, 3.05) is 6.61 Å². The van der Waals surface area contributed by atoms with E-state index in [1.54, 1.807) is 0 Å². The van der Waals surface area contributed by atoms with Crippen LogP contribution in [0.4, 0.5) is 0 Å². The van der Waals surface area contributed by atoms with Gasteiger partial charge < -0.3 is 30.9 Å². The molecule has 12 atom stereocenters. The molecule has 0 heterocycles. The number of hydrogen-bond donors (Lipinski definition) is 5. The molecule has 0 radical (unpaired) electrons. The van der Waals surface area contributed by atoms with Gasteiger partial charge in [0.1, 0.15) is 0 Å². The Hall–Kier alpha value is -0.730. The van der Waals surface area contributed by atoms with Crippen LogP contribution in [0.5, 0.6) is 0 Å². The van der Waals surface area contributed by atoms with Crippen LogP contribution < -0.4 is 5.73 Å². The van der Waals surface area contributed by atoms with E-state index in [1.165, 1.54) is 6.92 Å². The Kier molecular flexibility index (Phi) is 8.94. The first-order chi connectivity index (χ1) is 16.6. The van der Waals surface area contributed by atoms with Crippen molar-refractivity contribution >= 4 is 5.97 Å². The van der Waals surface area contributed by atoms with Gasteiger partial charge in [-0.1, -0.05) is 41.5 Å². The van der Waals surface area contributed by atoms with Crippen LogP contribution in [-0.4, -0.2) is 63.0 Å². The molecule has 0 aliphatic heterocycles. The van der Waals surface area contributed by atoms with Gasteiger partial charge in [0.05, 0.1) is 31.0 Å². The number of ether oxygens (including phenoxy) is 1. The van der Waals surface area contributed by atoms with E-state index in [2.05, 4.69) is 34.6 Å². The van der Waals surface area contributed by atoms with Gasteiger partial charge in [-0.2, -0.15) is 0 Å². The molecule has 0 spiro atoms. The molecule has 0 aromatic rings. The molecule has 0 saturated heterocycles. The zero-order chi connectivity index (χ0) is 27.2. The smallest absolute Gasteiger partial charge is 0.302 e. The third-order valence-electron chi connectivity index (χ3n) is 11.5. The summed E-state index contributed by atoms with van der Waals surface area (Å²) in [5, 5.41) is 42.9. The molecule has 36 heavy (non-hydrogen) atoms. The van der Waals surface area contributed by atoms with E-state index >= 15 is 0 Å². The Bertz CT molecular complexity index is 777. The number of hydrogen-bond acceptors (Lipinski definition) is 7. The van der Waals surface area contributed by atoms with Crippen LogP contribution in [0.2, 0.25) is 0 Å². The maximum absolute atomic E-state index is 11.9. The van der Waals surface area contributed by atoms with Gasteiger partial charge in [-0.15, -0.1) is 0 Å². The number of rotatable bonds is 8. The highest BCUT2D eigenvalue weighted by atomic mass is 16.5. The Labute approximate surface area is 218 Å². The van der Waals surface area contributed by atoms with Gasteiger partial charge in [0, 0.05) is 18.4 Å². The van der Waals surface area contributed by atoms with E-state index in [9.17, 15) is 25.2 Å². The summed E-state index contributed by atoms with van der Waals surface area (Å²) in [5.41, 5.74) is 6.33. The maximum atomic E-state index is 11.9. The number of fused-ring (bicyclic) bond motifs is 1. The van der Waals surface area contributed by atoms with Crippen LogP contribution >= 0.6 is 0 Å². The van der Waals surface area contributed by atoms with E-state index in [-0.39, 0.29) is 58.9 Å². The largest absolute Gasteiger partial charge is 0.465 e. The molecule has 3 aliphatic rings. The highest BCUT2D eigenvalue weighted by Crippen LogP contribution is 2.65. The molecule has 0 unspecified atom stereocenters. The van der Waals surface area contributed by atoms with Gasteiger partial charge in [0.2, 0.25) is 0 Å². The molecule has 210 valence electrons. The van der Waals surface area contributed by atoms with Gasteiger partial charge in [0.25, 0.3) is 0 Å². The summed E-state index contributed by atoms with van der Waals surface area (Å²) in [7, 11) is 0. The molecule has 0 bridgehead atoms. The minimum atomic E-state index is -0.830. The number of carbonyl (C=O) groups is 1. The molecule has 3 fully saturated rings. The normalized spacial score (nSPS) is 44.5. The lowest BCUT2D eigenvalue weighted by molar-refractivity contribution is -0.156. The molecular formula is C29H53NO6. The Morgan fingerprint density at radius 3 is 2.17 bits per heavy atom. The molecule has 3 aliphatic carbocycles. The Morgan fingerprint density at radius 1 is 0.972 bits per heavy atom. The first-order valence-electron chi connectivity index (χ1n) is 14.2. The van der Waals surface area contributed by atoms with Gasteiger partial charge in [-0.3, -0.25) is 4.79 Å². The van der Waals surface area contributed by atoms with E-state index in [0.29, 0.717) is 12.8 Å². The third-order valence-corrected chi connectivity index (χ3v) is 11.5. The lowest BCUT2D eigenvalue weighted by Crippen LogP contribution is -2.66. The predicted octanol–water partition coefficient (Wildman–Crippen LogP) is 3.25. The van der Waals surface area contributed by atoms with Gasteiger partial charge in [-0.25, -0.2) is 0 Å². The lowest BCUT2D eigenvalue weighted by atomic mass is 9.47. The van der Waals surface area contributed by atoms with Crippen LogP contribution in [0.25, 0.3) is 0 Å². The van der Waals surface area contributed by atoms with E-state index < -0.39 is 30.0 Å². The quantitative estimate of drug-likeness (QED) is 0.316. The van der Waals surface area contributed by atoms with E-state index in [4.69, 9.17) is 10.5 Å². The summed E-state index contributed by atoms with van der Waals surface area (Å²) < 4.78 is 5.63. The van der Waals surface area contributed by atoms with Crippen molar-refractivity contribution in [1.29, 1.82) is 0 Å². The fourth-order valence-electron chi connectivity index (χ4n) is 8.51. The monoisotopic (exact) mass is 511 g/mol. The summed E-state index contributed by atoms with van der Waals surface area (Å²) in [6, 6.07) is 0. The standard InChI is InChI=1S/C29H53NO6/c1-16(2)17(3)25(34)26(35)18(4)20-9-13-29(30)22(15-36-19(5)31)21(8-12-28(20,29)7)27(6)11-10-23(32)24(33)14-27/h16-18,20-26,32-35H,8-15,30H2,1-7H3/t17-,18-,20+,21-,22+,23-,24+,25+,26+,27+,28+,29+/m0/s1. The zero-order valence-corrected chi connectivity index (χ0v) is 23.6. The Morgan fingerprint density at radius 2 is 1.61 bits per heavy atom. The van der Waals surface area contributed by atoms with Crippen molar-refractivity contribution in [1.82, 2.24) is 0 Å². The van der Waals surface area contributed by atoms with Crippen LogP contribution in [0.15, 0.2) is 0 Å². The first kappa shape index (κ1) is 29.8. The minimum Gasteiger partial charge on any atom is -0.465 e. The van der Waals surface area contributed by atoms with Gasteiger partial charge in [-0.05, 0) is 85.4 Å². The van der Waals surface area contributed by atoms with E-state index in [1.807, 2.05) is 6.92 Å². The molecule has 7 nitrogen and oxygen atoms in total. The molecule has 6 N–H and O–H groups in total. The number of aliphatic hydroxyl groups is 4. The molecule has 0 aromatic heterocycles. The third kappa shape index (κ3) is 5.12. The van der Waals surface area contributed by atoms with Crippen molar-refractivity contribution in [3.05, 3.63) is 0 Å². The second-order valence-corrected chi connectivity index (χ2v) is 13.6. The van der Waals surface area contributed by atoms with Crippen molar-refractivity contribution in [2.45, 2.75) is 123 Å². The average molecular weight is 512 g/mol. The SMILES string of the molecule is CC(=O)OC[C@@H]1[C@@H]([C@]2(C)CC[C@H](O)[C@H](O)C2)CC[C@]2(C)[C@@H]([C@H](C)[C@@H](O)[C@H](O)[C@@H](C)C(C)C)CC[C@@]12N. The van der Waals surface area contributed by atoms with Crippen molar-refractivity contribution in [3.63, 3.8) is 0 Å². The number of carbonyl (C=O) groups excluding carboxylic acids is 1. The Balaban J connectivity index is 1.91. The zero-order valence-electron chi connectivity index (χ0n) is 23.6. The van der Waals surface area contributed by atoms with Crippen molar-refractivity contribution < 1.29 is 30.0 Å². The first-order valence-corrected chi connectivity index (χ1v) is 14.2. The second-order valence-electron chi connectivity index (χ2n) is 13.6. The molecule has 0 amide bonds. The highest BCUT2D eigenvalue weighted by Gasteiger charge is 2.65. The number of aliphatic hydroxyl groups excluding tert-OH is 4. The topological polar surface area (TPSA) is 133 Å². The maximum Gasteiger partial charge on any atom is 0.302 e. The molecular weight excluding hydrogens is 458 g/mol. The summed E-state index contributed by atoms with van der Waals surface area (Å²) in [6.45, 7) is 14.3. The minimum absolute atomic E-state index is 0.0141. The summed E-state index contributed by atoms with van der Waals surface area (Å²) in [6.07, 6.45) is 2.21. The lowest BCUT2D eigenvalue weighted by Gasteiger charge is -2.60. The predicted molar refractivity (Wildman–Crippen MR) is 140 cm³/mol. The van der Waals surface area contributed by atoms with Crippen LogP contribution in [-0.2, 0) is 9.53 Å². The molecule has 3 saturated carbocycles. The summed E-state index contributed by atoms with van der Waals surface area (Å²) in [5.74, 6) is 0.0220. The number of esters is 1. The molecule has 3 rings (SSSR count). The van der Waals surface area contributed by atoms with Crippen LogP contribution in [0.1, 0.15) is 93.4 Å². The van der Waals surface area contributed by atoms with Gasteiger partial charge in [0.15, 0.2) is 0 Å². The second kappa shape index (κ2) is 10.8. The highest BCUT2D eigenvalue weighted by molar-refractivity contribution is 5.65. The fraction of sp³-hybridized carbons (Fsp3) is 0.966. The average Bonchev–Trinajstić information content (AvgIpc) is 3.09. The van der Waals surface area contributed by atoms with Crippen molar-refractivity contribution in [2.24, 2.45) is 52.1 Å². The fourth-order valence-corrected chi connectivity index (χ4v) is 8.51. The van der Waals surface area contributed by atoms with Crippen LogP contribution in [0.3, 0.4) is 0 Å². The van der Waals surface area contributed by atoms with E-state index in [0.717, 1.165) is 32.1 Å². The van der Waals surface area contributed by atoms with Crippen LogP contribution in [0, 0.1) is 46.3 Å². The van der Waals surface area contributed by atoms with Crippen molar-refractivity contribution in [3.8, 4) is 0 Å². The molecule has 0 aromatic carbocycles.